The lowest BCUT2D eigenvalue weighted by atomic mass is 10.1. The van der Waals surface area contributed by atoms with Crippen molar-refractivity contribution in [1.82, 2.24) is 10.2 Å². The van der Waals surface area contributed by atoms with Crippen molar-refractivity contribution in [2.75, 3.05) is 50.8 Å². The van der Waals surface area contributed by atoms with E-state index in [1.807, 2.05) is 30.3 Å². The zero-order valence-corrected chi connectivity index (χ0v) is 13.9. The van der Waals surface area contributed by atoms with Crippen LogP contribution in [0.25, 0.3) is 0 Å². The van der Waals surface area contributed by atoms with Crippen LogP contribution in [-0.4, -0.2) is 62.7 Å². The first-order chi connectivity index (χ1) is 11.7. The van der Waals surface area contributed by atoms with E-state index in [4.69, 9.17) is 4.74 Å². The summed E-state index contributed by atoms with van der Waals surface area (Å²) in [6, 6.07) is 9.53. The molecule has 1 aromatic rings. The fourth-order valence-corrected chi connectivity index (χ4v) is 3.22. The zero-order chi connectivity index (χ0) is 16.8. The number of ether oxygens (including phenoxy) is 1. The zero-order valence-electron chi connectivity index (χ0n) is 13.9. The molecule has 2 saturated heterocycles. The van der Waals surface area contributed by atoms with Crippen LogP contribution in [0.2, 0.25) is 0 Å². The second-order valence-corrected chi connectivity index (χ2v) is 6.34. The van der Waals surface area contributed by atoms with Crippen molar-refractivity contribution >= 4 is 17.5 Å². The molecule has 6 heteroatoms. The molecule has 0 aromatic heterocycles. The Morgan fingerprint density at radius 1 is 1.21 bits per heavy atom. The second-order valence-electron chi connectivity index (χ2n) is 6.34. The summed E-state index contributed by atoms with van der Waals surface area (Å²) in [6.45, 7) is 5.64. The normalized spacial score (nSPS) is 21.9. The van der Waals surface area contributed by atoms with E-state index in [1.165, 1.54) is 0 Å². The van der Waals surface area contributed by atoms with Gasteiger partial charge in [-0.1, -0.05) is 18.2 Å². The lowest BCUT2D eigenvalue weighted by molar-refractivity contribution is -0.126. The molecule has 2 heterocycles. The van der Waals surface area contributed by atoms with Crippen LogP contribution in [0.3, 0.4) is 0 Å². The largest absolute Gasteiger partial charge is 0.379 e. The fraction of sp³-hybridized carbons (Fsp3) is 0.556. The highest BCUT2D eigenvalue weighted by Gasteiger charge is 2.34. The Kier molecular flexibility index (Phi) is 5.82. The van der Waals surface area contributed by atoms with Gasteiger partial charge in [0.1, 0.15) is 0 Å². The monoisotopic (exact) mass is 331 g/mol. The molecule has 0 saturated carbocycles. The van der Waals surface area contributed by atoms with E-state index >= 15 is 0 Å². The molecule has 0 unspecified atom stereocenters. The standard InChI is InChI=1S/C18H25N3O3/c22-17-13-15(14-21(17)16-5-2-1-3-6-16)18(23)19-7-4-8-20-9-11-24-12-10-20/h1-3,5-6,15H,4,7-14H2,(H,19,23)/t15-/m1/s1. The molecule has 2 aliphatic rings. The highest BCUT2D eigenvalue weighted by atomic mass is 16.5. The van der Waals surface area contributed by atoms with Crippen molar-refractivity contribution in [3.8, 4) is 0 Å². The van der Waals surface area contributed by atoms with Crippen molar-refractivity contribution in [2.45, 2.75) is 12.8 Å². The van der Waals surface area contributed by atoms with E-state index in [0.717, 1.165) is 45.0 Å². The Morgan fingerprint density at radius 3 is 2.71 bits per heavy atom. The predicted octanol–water partition coefficient (Wildman–Crippen LogP) is 0.878. The Bertz CT molecular complexity index is 558. The molecule has 2 aliphatic heterocycles. The van der Waals surface area contributed by atoms with Crippen LogP contribution in [0.4, 0.5) is 5.69 Å². The van der Waals surface area contributed by atoms with Crippen molar-refractivity contribution in [1.29, 1.82) is 0 Å². The molecule has 0 radical (unpaired) electrons. The Balaban J connectivity index is 1.40. The van der Waals surface area contributed by atoms with Crippen LogP contribution in [0.15, 0.2) is 30.3 Å². The van der Waals surface area contributed by atoms with E-state index in [0.29, 0.717) is 19.5 Å². The summed E-state index contributed by atoms with van der Waals surface area (Å²) in [5.41, 5.74) is 0.866. The molecule has 3 rings (SSSR count). The van der Waals surface area contributed by atoms with E-state index in [1.54, 1.807) is 4.90 Å². The lowest BCUT2D eigenvalue weighted by Crippen LogP contribution is -2.39. The number of nitrogens with zero attached hydrogens (tertiary/aromatic N) is 2. The number of carbonyl (C=O) groups excluding carboxylic acids is 2. The average Bonchev–Trinajstić information content (AvgIpc) is 3.02. The molecule has 6 nitrogen and oxygen atoms in total. The van der Waals surface area contributed by atoms with Crippen LogP contribution in [-0.2, 0) is 14.3 Å². The van der Waals surface area contributed by atoms with Gasteiger partial charge < -0.3 is 15.0 Å². The first-order valence-corrected chi connectivity index (χ1v) is 8.67. The van der Waals surface area contributed by atoms with Crippen molar-refractivity contribution < 1.29 is 14.3 Å². The van der Waals surface area contributed by atoms with Crippen molar-refractivity contribution in [2.24, 2.45) is 5.92 Å². The lowest BCUT2D eigenvalue weighted by Gasteiger charge is -2.26. The van der Waals surface area contributed by atoms with Gasteiger partial charge in [0.15, 0.2) is 0 Å². The summed E-state index contributed by atoms with van der Waals surface area (Å²) < 4.78 is 5.32. The summed E-state index contributed by atoms with van der Waals surface area (Å²) in [5.74, 6) is -0.237. The predicted molar refractivity (Wildman–Crippen MR) is 91.8 cm³/mol. The number of benzene rings is 1. The van der Waals surface area contributed by atoms with E-state index in [9.17, 15) is 9.59 Å². The maximum Gasteiger partial charge on any atom is 0.227 e. The van der Waals surface area contributed by atoms with E-state index < -0.39 is 0 Å². The summed E-state index contributed by atoms with van der Waals surface area (Å²) in [6.07, 6.45) is 1.22. The highest BCUT2D eigenvalue weighted by molar-refractivity contribution is 6.00. The van der Waals surface area contributed by atoms with Gasteiger partial charge in [0.25, 0.3) is 0 Å². The van der Waals surface area contributed by atoms with Gasteiger partial charge in [0.05, 0.1) is 19.1 Å². The SMILES string of the molecule is O=C(NCCCN1CCOCC1)[C@@H]1CC(=O)N(c2ccccc2)C1. The molecule has 1 aromatic carbocycles. The van der Waals surface area contributed by atoms with Crippen LogP contribution >= 0.6 is 0 Å². The maximum absolute atomic E-state index is 12.3. The van der Waals surface area contributed by atoms with Gasteiger partial charge in [-0.3, -0.25) is 14.5 Å². The molecule has 130 valence electrons. The Labute approximate surface area is 142 Å². The highest BCUT2D eigenvalue weighted by Crippen LogP contribution is 2.24. The van der Waals surface area contributed by atoms with Crippen LogP contribution in [0, 0.1) is 5.92 Å². The molecular weight excluding hydrogens is 306 g/mol. The number of hydrogen-bond donors (Lipinski definition) is 1. The fourth-order valence-electron chi connectivity index (χ4n) is 3.22. The second kappa shape index (κ2) is 8.26. The average molecular weight is 331 g/mol. The summed E-state index contributed by atoms with van der Waals surface area (Å²) in [4.78, 5) is 28.5. The van der Waals surface area contributed by atoms with Gasteiger partial charge in [0, 0.05) is 38.3 Å². The number of morpholine rings is 1. The number of carbonyl (C=O) groups is 2. The third kappa shape index (κ3) is 4.33. The minimum Gasteiger partial charge on any atom is -0.379 e. The maximum atomic E-state index is 12.3. The number of rotatable bonds is 6. The van der Waals surface area contributed by atoms with E-state index in [-0.39, 0.29) is 17.7 Å². The molecule has 0 aliphatic carbocycles. The van der Waals surface area contributed by atoms with Gasteiger partial charge in [-0.05, 0) is 25.1 Å². The molecule has 2 fully saturated rings. The molecule has 0 spiro atoms. The molecular formula is C18H25N3O3. The topological polar surface area (TPSA) is 61.9 Å². The number of hydrogen-bond acceptors (Lipinski definition) is 4. The Hall–Kier alpha value is -1.92. The number of amides is 2. The van der Waals surface area contributed by atoms with E-state index in [2.05, 4.69) is 10.2 Å². The first-order valence-electron chi connectivity index (χ1n) is 8.67. The number of nitrogens with one attached hydrogen (secondary N) is 1. The summed E-state index contributed by atoms with van der Waals surface area (Å²) >= 11 is 0. The van der Waals surface area contributed by atoms with Gasteiger partial charge in [-0.15, -0.1) is 0 Å². The summed E-state index contributed by atoms with van der Waals surface area (Å²) in [5, 5.41) is 2.98. The third-order valence-corrected chi connectivity index (χ3v) is 4.62. The summed E-state index contributed by atoms with van der Waals surface area (Å²) in [7, 11) is 0. The Morgan fingerprint density at radius 2 is 1.96 bits per heavy atom. The van der Waals surface area contributed by atoms with Gasteiger partial charge in [-0.2, -0.15) is 0 Å². The van der Waals surface area contributed by atoms with Crippen LogP contribution in [0.1, 0.15) is 12.8 Å². The number of anilines is 1. The molecule has 1 atom stereocenters. The number of para-hydroxylation sites is 1. The van der Waals surface area contributed by atoms with Crippen LogP contribution < -0.4 is 10.2 Å². The van der Waals surface area contributed by atoms with Gasteiger partial charge >= 0.3 is 0 Å². The molecule has 24 heavy (non-hydrogen) atoms. The molecule has 0 bridgehead atoms. The van der Waals surface area contributed by atoms with Crippen LogP contribution in [0.5, 0.6) is 0 Å². The minimum absolute atomic E-state index is 0.0104. The quantitative estimate of drug-likeness (QED) is 0.786. The van der Waals surface area contributed by atoms with Gasteiger partial charge in [0.2, 0.25) is 11.8 Å². The molecule has 2 amide bonds. The van der Waals surface area contributed by atoms with Crippen molar-refractivity contribution in [3.05, 3.63) is 30.3 Å². The minimum atomic E-state index is -0.249. The van der Waals surface area contributed by atoms with Crippen molar-refractivity contribution in [3.63, 3.8) is 0 Å². The first kappa shape index (κ1) is 16.9. The van der Waals surface area contributed by atoms with Gasteiger partial charge in [-0.25, -0.2) is 0 Å². The third-order valence-electron chi connectivity index (χ3n) is 4.62. The molecule has 1 N–H and O–H groups in total. The smallest absolute Gasteiger partial charge is 0.227 e.